The fourth-order valence-electron chi connectivity index (χ4n) is 2.69. The molecule has 0 spiro atoms. The molecule has 16 heavy (non-hydrogen) atoms. The first kappa shape index (κ1) is 11.4. The largest absolute Gasteiger partial charge is 0.317 e. The van der Waals surface area contributed by atoms with Crippen molar-refractivity contribution in [2.75, 3.05) is 13.1 Å². The van der Waals surface area contributed by atoms with Gasteiger partial charge in [0.15, 0.2) is 0 Å². The van der Waals surface area contributed by atoms with Crippen LogP contribution < -0.4 is 5.32 Å². The summed E-state index contributed by atoms with van der Waals surface area (Å²) in [6, 6.07) is 6.65. The van der Waals surface area contributed by atoms with Crippen LogP contribution in [0.1, 0.15) is 42.4 Å². The molecule has 0 aliphatic carbocycles. The van der Waals surface area contributed by atoms with Crippen molar-refractivity contribution in [3.63, 3.8) is 0 Å². The maximum absolute atomic E-state index is 4.06. The molecule has 1 aromatic rings. The number of benzene rings is 1. The Labute approximate surface area is 98.6 Å². The minimum absolute atomic E-state index is 0.737. The van der Waals surface area contributed by atoms with E-state index in [0.29, 0.717) is 0 Å². The highest BCUT2D eigenvalue weighted by Gasteiger charge is 2.17. The van der Waals surface area contributed by atoms with Crippen LogP contribution in [-0.2, 0) is 0 Å². The van der Waals surface area contributed by atoms with Crippen molar-refractivity contribution in [2.24, 2.45) is 0 Å². The van der Waals surface area contributed by atoms with E-state index in [1.807, 2.05) is 0 Å². The molecule has 0 amide bonds. The van der Waals surface area contributed by atoms with E-state index in [-0.39, 0.29) is 0 Å². The van der Waals surface area contributed by atoms with Gasteiger partial charge in [0, 0.05) is 0 Å². The Hall–Kier alpha value is -1.08. The summed E-state index contributed by atoms with van der Waals surface area (Å²) >= 11 is 0. The third kappa shape index (κ3) is 2.19. The number of hydrogen-bond acceptors (Lipinski definition) is 1. The Kier molecular flexibility index (Phi) is 3.45. The summed E-state index contributed by atoms with van der Waals surface area (Å²) in [4.78, 5) is 0. The van der Waals surface area contributed by atoms with Crippen molar-refractivity contribution in [3.8, 4) is 0 Å². The second-order valence-electron chi connectivity index (χ2n) is 4.82. The van der Waals surface area contributed by atoms with Crippen molar-refractivity contribution in [3.05, 3.63) is 41.5 Å². The Morgan fingerprint density at radius 2 is 2.00 bits per heavy atom. The van der Waals surface area contributed by atoms with Gasteiger partial charge in [0.2, 0.25) is 0 Å². The highest BCUT2D eigenvalue weighted by Crippen LogP contribution is 2.31. The van der Waals surface area contributed by atoms with Crippen LogP contribution in [0, 0.1) is 6.92 Å². The lowest BCUT2D eigenvalue weighted by molar-refractivity contribution is 0.459. The molecule has 1 aliphatic rings. The van der Waals surface area contributed by atoms with Gasteiger partial charge in [0.1, 0.15) is 0 Å². The highest BCUT2D eigenvalue weighted by atomic mass is 14.9. The van der Waals surface area contributed by atoms with Crippen molar-refractivity contribution in [1.82, 2.24) is 5.32 Å². The first-order chi connectivity index (χ1) is 7.70. The molecule has 86 valence electrons. The van der Waals surface area contributed by atoms with E-state index in [1.165, 1.54) is 35.1 Å². The molecule has 0 aromatic heterocycles. The van der Waals surface area contributed by atoms with Gasteiger partial charge >= 0.3 is 0 Å². The molecule has 1 fully saturated rings. The summed E-state index contributed by atoms with van der Waals surface area (Å²) in [5, 5.41) is 3.42. The van der Waals surface area contributed by atoms with Gasteiger partial charge in [-0.2, -0.15) is 0 Å². The van der Waals surface area contributed by atoms with Gasteiger partial charge in [0.05, 0.1) is 0 Å². The van der Waals surface area contributed by atoms with E-state index >= 15 is 0 Å². The molecule has 0 atom stereocenters. The van der Waals surface area contributed by atoms with Gasteiger partial charge in [-0.05, 0) is 62.4 Å². The van der Waals surface area contributed by atoms with Crippen LogP contribution in [0.2, 0.25) is 0 Å². The van der Waals surface area contributed by atoms with Crippen molar-refractivity contribution >= 4 is 5.57 Å². The van der Waals surface area contributed by atoms with E-state index in [9.17, 15) is 0 Å². The number of nitrogens with one attached hydrogen (secondary N) is 1. The predicted molar refractivity (Wildman–Crippen MR) is 70.7 cm³/mol. The molecule has 1 heteroatoms. The Bertz CT molecular complexity index is 386. The van der Waals surface area contributed by atoms with Crippen LogP contribution in [-0.4, -0.2) is 13.1 Å². The molecule has 1 aliphatic heterocycles. The average molecular weight is 215 g/mol. The normalized spacial score (nSPS) is 17.4. The number of piperidine rings is 1. The van der Waals surface area contributed by atoms with Gasteiger partial charge in [0.25, 0.3) is 0 Å². The highest BCUT2D eigenvalue weighted by molar-refractivity contribution is 5.65. The Morgan fingerprint density at radius 1 is 1.31 bits per heavy atom. The average Bonchev–Trinajstić information content (AvgIpc) is 2.30. The van der Waals surface area contributed by atoms with Crippen LogP contribution in [0.4, 0.5) is 0 Å². The summed E-state index contributed by atoms with van der Waals surface area (Å²) in [5.74, 6) is 0.737. The van der Waals surface area contributed by atoms with Crippen LogP contribution in [0.3, 0.4) is 0 Å². The van der Waals surface area contributed by atoms with E-state index in [4.69, 9.17) is 0 Å². The zero-order valence-electron chi connectivity index (χ0n) is 10.3. The zero-order chi connectivity index (χ0) is 11.5. The van der Waals surface area contributed by atoms with E-state index in [2.05, 4.69) is 43.9 Å². The molecular weight excluding hydrogens is 194 g/mol. The summed E-state index contributed by atoms with van der Waals surface area (Å²) < 4.78 is 0. The monoisotopic (exact) mass is 215 g/mol. The lowest BCUT2D eigenvalue weighted by atomic mass is 9.85. The molecule has 0 saturated carbocycles. The Balaban J connectivity index is 2.33. The second-order valence-corrected chi connectivity index (χ2v) is 4.82. The third-order valence-corrected chi connectivity index (χ3v) is 3.61. The van der Waals surface area contributed by atoms with E-state index < -0.39 is 0 Å². The standard InChI is InChI=1S/C15H21N/c1-11(2)14-5-4-6-15(12(14)3)13-7-9-16-10-8-13/h4-6,13,16H,1,7-10H2,2-3H3. The quantitative estimate of drug-likeness (QED) is 0.796. The van der Waals surface area contributed by atoms with Gasteiger partial charge in [-0.15, -0.1) is 0 Å². The SMILES string of the molecule is C=C(C)c1cccc(C2CCNCC2)c1C. The molecule has 1 N–H and O–H groups in total. The van der Waals surface area contributed by atoms with Crippen LogP contribution in [0.5, 0.6) is 0 Å². The Morgan fingerprint density at radius 3 is 2.62 bits per heavy atom. The van der Waals surface area contributed by atoms with Gasteiger partial charge < -0.3 is 5.32 Å². The second kappa shape index (κ2) is 4.84. The molecule has 0 bridgehead atoms. The molecule has 0 unspecified atom stereocenters. The molecular formula is C15H21N. The summed E-state index contributed by atoms with van der Waals surface area (Å²) in [7, 11) is 0. The summed E-state index contributed by atoms with van der Waals surface area (Å²) in [6.45, 7) is 10.7. The van der Waals surface area contributed by atoms with E-state index in [0.717, 1.165) is 19.0 Å². The number of allylic oxidation sites excluding steroid dienone is 1. The minimum atomic E-state index is 0.737. The fraction of sp³-hybridized carbons (Fsp3) is 0.467. The lowest BCUT2D eigenvalue weighted by Gasteiger charge is -2.25. The van der Waals surface area contributed by atoms with Crippen molar-refractivity contribution in [2.45, 2.75) is 32.6 Å². The molecule has 1 aromatic carbocycles. The van der Waals surface area contributed by atoms with Gasteiger partial charge in [-0.1, -0.05) is 30.4 Å². The number of rotatable bonds is 2. The molecule has 1 nitrogen and oxygen atoms in total. The molecule has 1 saturated heterocycles. The first-order valence-electron chi connectivity index (χ1n) is 6.16. The zero-order valence-corrected chi connectivity index (χ0v) is 10.3. The maximum atomic E-state index is 4.06. The van der Waals surface area contributed by atoms with Crippen LogP contribution in [0.25, 0.3) is 5.57 Å². The van der Waals surface area contributed by atoms with Crippen molar-refractivity contribution in [1.29, 1.82) is 0 Å². The third-order valence-electron chi connectivity index (χ3n) is 3.61. The van der Waals surface area contributed by atoms with Gasteiger partial charge in [-0.25, -0.2) is 0 Å². The first-order valence-corrected chi connectivity index (χ1v) is 6.16. The van der Waals surface area contributed by atoms with Crippen molar-refractivity contribution < 1.29 is 0 Å². The molecule has 2 rings (SSSR count). The fourth-order valence-corrected chi connectivity index (χ4v) is 2.69. The lowest BCUT2D eigenvalue weighted by Crippen LogP contribution is -2.27. The molecule has 1 heterocycles. The predicted octanol–water partition coefficient (Wildman–Crippen LogP) is 3.50. The van der Waals surface area contributed by atoms with Gasteiger partial charge in [-0.3, -0.25) is 0 Å². The smallest absolute Gasteiger partial charge is 0.00431 e. The maximum Gasteiger partial charge on any atom is -0.00431 e. The molecule has 0 radical (unpaired) electrons. The van der Waals surface area contributed by atoms with Crippen LogP contribution >= 0.6 is 0 Å². The minimum Gasteiger partial charge on any atom is -0.317 e. The summed E-state index contributed by atoms with van der Waals surface area (Å²) in [5.41, 5.74) is 5.47. The van der Waals surface area contributed by atoms with Crippen LogP contribution in [0.15, 0.2) is 24.8 Å². The topological polar surface area (TPSA) is 12.0 Å². The number of hydrogen-bond donors (Lipinski definition) is 1. The summed E-state index contributed by atoms with van der Waals surface area (Å²) in [6.07, 6.45) is 2.53. The van der Waals surface area contributed by atoms with E-state index in [1.54, 1.807) is 0 Å².